The van der Waals surface area contributed by atoms with Crippen LogP contribution in [0.15, 0.2) is 12.7 Å². The first-order chi connectivity index (χ1) is 3.31. The van der Waals surface area contributed by atoms with Crippen molar-refractivity contribution in [1.29, 1.82) is 0 Å². The van der Waals surface area contributed by atoms with E-state index in [2.05, 4.69) is 6.58 Å². The van der Waals surface area contributed by atoms with E-state index in [4.69, 9.17) is 0 Å². The van der Waals surface area contributed by atoms with Gasteiger partial charge >= 0.3 is 0 Å². The van der Waals surface area contributed by atoms with E-state index in [0.717, 1.165) is 0 Å². The van der Waals surface area contributed by atoms with Crippen LogP contribution in [-0.2, 0) is 4.79 Å². The molecule has 7 heavy (non-hydrogen) atoms. The molecule has 0 aliphatic carbocycles. The largest absolute Gasteiger partial charge is 0.278 e. The van der Waals surface area contributed by atoms with Crippen molar-refractivity contribution in [3.05, 3.63) is 12.7 Å². The average Bonchev–Trinajstić information content (AvgIpc) is 1.68. The molecule has 0 saturated heterocycles. The minimum Gasteiger partial charge on any atom is -0.270 e. The van der Waals surface area contributed by atoms with Crippen LogP contribution in [0.25, 0.3) is 0 Å². The number of rotatable bonds is 2. The van der Waals surface area contributed by atoms with E-state index in [1.165, 1.54) is 6.08 Å². The van der Waals surface area contributed by atoms with Crippen LogP contribution in [0.1, 0.15) is 6.42 Å². The van der Waals surface area contributed by atoms with Crippen LogP contribution < -0.4 is 5.54 Å². The SMILES string of the molecule is C=CCC(=O)[N]F. The Morgan fingerprint density at radius 2 is 2.57 bits per heavy atom. The summed E-state index contributed by atoms with van der Waals surface area (Å²) in [4.78, 5) is 9.80. The molecule has 0 N–H and O–H groups in total. The molecule has 0 bridgehead atoms. The van der Waals surface area contributed by atoms with Gasteiger partial charge in [-0.25, -0.2) is 0 Å². The van der Waals surface area contributed by atoms with Gasteiger partial charge in [-0.2, -0.15) is 0 Å². The number of amides is 1. The standard InChI is InChI=1S/C4H5FNO/c1-2-3-4(7)6-5/h2H,1,3H2. The van der Waals surface area contributed by atoms with Gasteiger partial charge in [0, 0.05) is 6.42 Å². The molecule has 1 radical (unpaired) electrons. The molecule has 0 rings (SSSR count). The van der Waals surface area contributed by atoms with Crippen LogP contribution >= 0.6 is 0 Å². The van der Waals surface area contributed by atoms with E-state index in [0.29, 0.717) is 0 Å². The highest BCUT2D eigenvalue weighted by Gasteiger charge is 1.94. The molecule has 0 aromatic carbocycles. The monoisotopic (exact) mass is 102 g/mol. The van der Waals surface area contributed by atoms with Crippen LogP contribution in [0.2, 0.25) is 0 Å². The summed E-state index contributed by atoms with van der Waals surface area (Å²) in [6.45, 7) is 3.20. The number of nitrogens with zero attached hydrogens (tertiary/aromatic N) is 1. The lowest BCUT2D eigenvalue weighted by Gasteiger charge is -1.79. The lowest BCUT2D eigenvalue weighted by Crippen LogP contribution is -2.03. The Bertz CT molecular complexity index is 81.8. The smallest absolute Gasteiger partial charge is 0.270 e. The molecular formula is C4H5FNO. The predicted octanol–water partition coefficient (Wildman–Crippen LogP) is 0.578. The maximum absolute atomic E-state index is 10.8. The maximum atomic E-state index is 10.8. The molecule has 0 aliphatic heterocycles. The fourth-order valence-corrected chi connectivity index (χ4v) is 0.158. The Morgan fingerprint density at radius 3 is 2.71 bits per heavy atom. The van der Waals surface area contributed by atoms with Gasteiger partial charge in [-0.05, 0) is 5.54 Å². The Hall–Kier alpha value is -0.860. The summed E-state index contributed by atoms with van der Waals surface area (Å²) in [6.07, 6.45) is 1.28. The molecule has 1 amide bonds. The number of carbonyl (C=O) groups is 1. The molecule has 0 spiro atoms. The molecule has 2 nitrogen and oxygen atoms in total. The van der Waals surface area contributed by atoms with Crippen LogP contribution in [0.3, 0.4) is 0 Å². The van der Waals surface area contributed by atoms with Gasteiger partial charge in [0.1, 0.15) is 0 Å². The van der Waals surface area contributed by atoms with E-state index in [-0.39, 0.29) is 6.42 Å². The first kappa shape index (κ1) is 6.14. The first-order valence-corrected chi connectivity index (χ1v) is 1.77. The summed E-state index contributed by atoms with van der Waals surface area (Å²) in [6, 6.07) is 0. The van der Waals surface area contributed by atoms with Crippen LogP contribution in [-0.4, -0.2) is 5.91 Å². The summed E-state index contributed by atoms with van der Waals surface area (Å²) in [7, 11) is 0. The van der Waals surface area contributed by atoms with E-state index >= 15 is 0 Å². The van der Waals surface area contributed by atoms with E-state index in [9.17, 15) is 9.28 Å². The topological polar surface area (TPSA) is 31.2 Å². The third kappa shape index (κ3) is 2.96. The third-order valence-electron chi connectivity index (χ3n) is 0.413. The van der Waals surface area contributed by atoms with Crippen molar-refractivity contribution in [3.63, 3.8) is 0 Å². The second kappa shape index (κ2) is 3.33. The van der Waals surface area contributed by atoms with Gasteiger partial charge in [-0.15, -0.1) is 6.58 Å². The molecule has 3 heteroatoms. The Morgan fingerprint density at radius 1 is 2.00 bits per heavy atom. The number of hydrogen-bond donors (Lipinski definition) is 0. The van der Waals surface area contributed by atoms with E-state index in [1.54, 1.807) is 0 Å². The van der Waals surface area contributed by atoms with Crippen molar-refractivity contribution in [3.8, 4) is 0 Å². The zero-order chi connectivity index (χ0) is 5.70. The predicted molar refractivity (Wildman–Crippen MR) is 23.1 cm³/mol. The molecule has 0 fully saturated rings. The van der Waals surface area contributed by atoms with Gasteiger partial charge in [-0.1, -0.05) is 10.6 Å². The molecular weight excluding hydrogens is 97.0 g/mol. The number of hydrogen-bond acceptors (Lipinski definition) is 1. The fraction of sp³-hybridized carbons (Fsp3) is 0.250. The Kier molecular flexibility index (Phi) is 2.92. The summed E-state index contributed by atoms with van der Waals surface area (Å²) in [5.74, 6) is -0.782. The van der Waals surface area contributed by atoms with Crippen molar-refractivity contribution in [2.75, 3.05) is 0 Å². The summed E-state index contributed by atoms with van der Waals surface area (Å²) in [5.41, 5.74) is 1.87. The fourth-order valence-electron chi connectivity index (χ4n) is 0.158. The van der Waals surface area contributed by atoms with Crippen molar-refractivity contribution in [2.45, 2.75) is 6.42 Å². The lowest BCUT2D eigenvalue weighted by molar-refractivity contribution is -0.124. The van der Waals surface area contributed by atoms with Crippen LogP contribution in [0, 0.1) is 0 Å². The molecule has 0 aromatic rings. The van der Waals surface area contributed by atoms with Gasteiger partial charge in [-0.3, -0.25) is 4.79 Å². The average molecular weight is 102 g/mol. The highest BCUT2D eigenvalue weighted by Crippen LogP contribution is 1.78. The summed E-state index contributed by atoms with van der Waals surface area (Å²) < 4.78 is 10.8. The van der Waals surface area contributed by atoms with Gasteiger partial charge in [0.2, 0.25) is 0 Å². The molecule has 0 aliphatic rings. The van der Waals surface area contributed by atoms with Crippen molar-refractivity contribution < 1.29 is 9.28 Å². The van der Waals surface area contributed by atoms with Gasteiger partial charge in [0.05, 0.1) is 0 Å². The molecule has 0 saturated carbocycles. The molecule has 0 unspecified atom stereocenters. The number of halogens is 1. The number of carbonyl (C=O) groups excluding carboxylic acids is 1. The second-order valence-corrected chi connectivity index (χ2v) is 0.971. The van der Waals surface area contributed by atoms with Crippen LogP contribution in [0.5, 0.6) is 0 Å². The minimum atomic E-state index is -0.782. The van der Waals surface area contributed by atoms with E-state index < -0.39 is 5.91 Å². The quantitative estimate of drug-likeness (QED) is 0.469. The minimum absolute atomic E-state index is 0.0174. The molecule has 0 atom stereocenters. The Balaban J connectivity index is 3.17. The van der Waals surface area contributed by atoms with Crippen LogP contribution in [0.4, 0.5) is 4.48 Å². The zero-order valence-corrected chi connectivity index (χ0v) is 3.72. The lowest BCUT2D eigenvalue weighted by atomic mass is 10.4. The van der Waals surface area contributed by atoms with Crippen molar-refractivity contribution in [2.24, 2.45) is 0 Å². The van der Waals surface area contributed by atoms with Gasteiger partial charge < -0.3 is 0 Å². The zero-order valence-electron chi connectivity index (χ0n) is 3.72. The van der Waals surface area contributed by atoms with Crippen molar-refractivity contribution >= 4 is 5.91 Å². The summed E-state index contributed by atoms with van der Waals surface area (Å²) in [5, 5.41) is 0. The van der Waals surface area contributed by atoms with Gasteiger partial charge in [0.25, 0.3) is 5.91 Å². The maximum Gasteiger partial charge on any atom is 0.278 e. The molecule has 0 aromatic heterocycles. The van der Waals surface area contributed by atoms with E-state index in [1.807, 2.05) is 5.54 Å². The normalized spacial score (nSPS) is 7.57. The molecule has 0 heterocycles. The van der Waals surface area contributed by atoms with Crippen molar-refractivity contribution in [1.82, 2.24) is 5.54 Å². The highest BCUT2D eigenvalue weighted by atomic mass is 19.2. The second-order valence-electron chi connectivity index (χ2n) is 0.971. The highest BCUT2D eigenvalue weighted by molar-refractivity contribution is 5.75. The Labute approximate surface area is 41.0 Å². The molecule has 39 valence electrons. The summed E-state index contributed by atoms with van der Waals surface area (Å²) >= 11 is 0. The van der Waals surface area contributed by atoms with Gasteiger partial charge in [0.15, 0.2) is 0 Å². The first-order valence-electron chi connectivity index (χ1n) is 1.77. The third-order valence-corrected chi connectivity index (χ3v) is 0.413.